The summed E-state index contributed by atoms with van der Waals surface area (Å²) in [4.78, 5) is 55.2. The van der Waals surface area contributed by atoms with Gasteiger partial charge < -0.3 is 33.7 Å². The van der Waals surface area contributed by atoms with Crippen LogP contribution in [0.3, 0.4) is 0 Å². The maximum atomic E-state index is 13.9. The number of epoxide rings is 1. The number of halogens is 1. The standard InChI is InChI=1S/C42H61ClN2O10S/c1-24-13-12-14-33(52-10)42(50)23-32(53-39(49)44-42)26(3)37-41(7,55-37)34(54-38(48)27(4)45(8)35(47)15-16-40(5,6)56-11)22-30(46)19-25(2)18-29-20-28(17-24)21-31(51-9)36(29)43/h12-14,20-21,25-27,32-34,37,50H,15-19,22-23H2,1-11H3,(H,44,49)/b14-12+,24-13+/t25?,26?,27-,32?,33?,34?,37?,41?,42?/m0/s1. The Hall–Kier alpha value is -3.10. The van der Waals surface area contributed by atoms with Crippen LogP contribution in [0.15, 0.2) is 35.9 Å². The number of Topliss-reactive ketones (excluding diaryl/α,β-unsaturated/α-hetero) is 1. The van der Waals surface area contributed by atoms with E-state index in [0.717, 1.165) is 16.7 Å². The number of likely N-dealkylation sites (N-methyl/N-ethyl adjacent to an activating group) is 1. The lowest BCUT2D eigenvalue weighted by atomic mass is 9.83. The Kier molecular flexibility index (Phi) is 15.2. The number of esters is 1. The molecule has 12 nitrogen and oxygen atoms in total. The van der Waals surface area contributed by atoms with Crippen LogP contribution in [0.2, 0.25) is 5.02 Å². The third-order valence-corrected chi connectivity index (χ3v) is 13.3. The molecule has 56 heavy (non-hydrogen) atoms. The number of rotatable bonds is 9. The summed E-state index contributed by atoms with van der Waals surface area (Å²) >= 11 is 8.46. The van der Waals surface area contributed by atoms with E-state index in [0.29, 0.717) is 30.0 Å². The van der Waals surface area contributed by atoms with Crippen LogP contribution in [0.4, 0.5) is 4.79 Å². The highest BCUT2D eigenvalue weighted by atomic mass is 35.5. The van der Waals surface area contributed by atoms with E-state index in [4.69, 9.17) is 35.3 Å². The van der Waals surface area contributed by atoms with Gasteiger partial charge in [0.25, 0.3) is 0 Å². The van der Waals surface area contributed by atoms with E-state index in [1.807, 2.05) is 45.2 Å². The number of hydrogen-bond donors (Lipinski definition) is 2. The third kappa shape index (κ3) is 11.1. The highest BCUT2D eigenvalue weighted by Crippen LogP contribution is 2.49. The summed E-state index contributed by atoms with van der Waals surface area (Å²) in [5.41, 5.74) is -0.145. The number of alkyl carbamates (subject to hydrolysis) is 1. The van der Waals surface area contributed by atoms with Crippen LogP contribution in [0, 0.1) is 11.8 Å². The highest BCUT2D eigenvalue weighted by molar-refractivity contribution is 7.99. The van der Waals surface area contributed by atoms with Crippen molar-refractivity contribution < 1.29 is 48.0 Å². The van der Waals surface area contributed by atoms with Gasteiger partial charge in [-0.05, 0) is 69.4 Å². The van der Waals surface area contributed by atoms with Crippen molar-refractivity contribution >= 4 is 47.1 Å². The maximum absolute atomic E-state index is 13.9. The average molecular weight is 821 g/mol. The van der Waals surface area contributed by atoms with Crippen molar-refractivity contribution in [1.82, 2.24) is 10.2 Å². The van der Waals surface area contributed by atoms with Gasteiger partial charge in [0.1, 0.15) is 41.5 Å². The molecular formula is C42H61ClN2O10S. The molecule has 2 heterocycles. The molecule has 1 aliphatic carbocycles. The number of nitrogens with one attached hydrogen (secondary N) is 1. The van der Waals surface area contributed by atoms with E-state index in [1.165, 1.54) is 12.0 Å². The van der Waals surface area contributed by atoms with Crippen molar-refractivity contribution in [2.24, 2.45) is 11.8 Å². The molecule has 2 saturated heterocycles. The van der Waals surface area contributed by atoms with Crippen molar-refractivity contribution in [1.29, 1.82) is 0 Å². The summed E-state index contributed by atoms with van der Waals surface area (Å²) in [6.45, 7) is 13.3. The van der Waals surface area contributed by atoms with Crippen LogP contribution >= 0.6 is 23.4 Å². The first-order valence-electron chi connectivity index (χ1n) is 19.3. The zero-order valence-corrected chi connectivity index (χ0v) is 36.3. The minimum Gasteiger partial charge on any atom is -0.495 e. The van der Waals surface area contributed by atoms with Crippen molar-refractivity contribution in [3.8, 4) is 5.75 Å². The molecule has 0 aromatic heterocycles. The number of carbonyl (C=O) groups excluding carboxylic acids is 4. The van der Waals surface area contributed by atoms with Crippen molar-refractivity contribution in [2.45, 2.75) is 140 Å². The van der Waals surface area contributed by atoms with Gasteiger partial charge in [-0.3, -0.25) is 14.9 Å². The molecule has 9 atom stereocenters. The number of methoxy groups -OCH3 is 2. The molecule has 14 heteroatoms. The van der Waals surface area contributed by atoms with Crippen molar-refractivity contribution in [2.75, 3.05) is 27.5 Å². The molecule has 4 rings (SSSR count). The average Bonchev–Trinajstić information content (AvgIpc) is 3.83. The Bertz CT molecular complexity index is 1680. The summed E-state index contributed by atoms with van der Waals surface area (Å²) in [6.07, 6.45) is 5.14. The molecule has 1 aromatic rings. The van der Waals surface area contributed by atoms with Crippen LogP contribution in [0.5, 0.6) is 5.75 Å². The van der Waals surface area contributed by atoms with E-state index < -0.39 is 59.8 Å². The van der Waals surface area contributed by atoms with Gasteiger partial charge in [0.05, 0.1) is 18.2 Å². The second-order valence-electron chi connectivity index (χ2n) is 16.6. The van der Waals surface area contributed by atoms with E-state index in [1.54, 1.807) is 51.9 Å². The normalized spacial score (nSPS) is 32.2. The first kappa shape index (κ1) is 45.6. The van der Waals surface area contributed by atoms with E-state index in [9.17, 15) is 24.3 Å². The second-order valence-corrected chi connectivity index (χ2v) is 18.5. The number of nitrogens with zero attached hydrogens (tertiary/aromatic N) is 1. The lowest BCUT2D eigenvalue weighted by Gasteiger charge is -2.42. The van der Waals surface area contributed by atoms with Gasteiger partial charge in [-0.2, -0.15) is 11.8 Å². The van der Waals surface area contributed by atoms with Crippen LogP contribution in [-0.2, 0) is 46.2 Å². The number of thioether (sulfide) groups is 1. The Labute approximate surface area is 341 Å². The zero-order chi connectivity index (χ0) is 41.7. The number of hydrogen-bond acceptors (Lipinski definition) is 11. The fourth-order valence-corrected chi connectivity index (χ4v) is 8.16. The molecule has 3 aliphatic rings. The van der Waals surface area contributed by atoms with E-state index in [-0.39, 0.29) is 48.0 Å². The number of carbonyl (C=O) groups is 4. The Morgan fingerprint density at radius 2 is 1.88 bits per heavy atom. The topological polar surface area (TPSA) is 153 Å². The fourth-order valence-electron chi connectivity index (χ4n) is 7.59. The van der Waals surface area contributed by atoms with Gasteiger partial charge in [-0.1, -0.05) is 69.2 Å². The smallest absolute Gasteiger partial charge is 0.409 e. The zero-order valence-electron chi connectivity index (χ0n) is 34.7. The molecule has 8 unspecified atom stereocenters. The highest BCUT2D eigenvalue weighted by Gasteiger charge is 2.64. The first-order chi connectivity index (χ1) is 26.2. The van der Waals surface area contributed by atoms with Gasteiger partial charge >= 0.3 is 12.1 Å². The minimum absolute atomic E-state index is 0.0348. The Balaban J connectivity index is 1.68. The number of aliphatic hydroxyl groups is 1. The van der Waals surface area contributed by atoms with Crippen LogP contribution in [-0.4, -0.2) is 108 Å². The molecule has 2 N–H and O–H groups in total. The molecule has 1 aromatic carbocycles. The summed E-state index contributed by atoms with van der Waals surface area (Å²) in [6, 6.07) is 2.98. The van der Waals surface area contributed by atoms with Crippen LogP contribution in [0.25, 0.3) is 0 Å². The third-order valence-electron chi connectivity index (χ3n) is 11.6. The predicted molar refractivity (Wildman–Crippen MR) is 217 cm³/mol. The van der Waals surface area contributed by atoms with Gasteiger partial charge in [0.2, 0.25) is 5.91 Å². The maximum Gasteiger partial charge on any atom is 0.409 e. The van der Waals surface area contributed by atoms with Crippen molar-refractivity contribution in [3.05, 3.63) is 52.1 Å². The number of amides is 2. The molecule has 0 radical (unpaired) electrons. The molecule has 4 bridgehead atoms. The number of allylic oxidation sites excluding steroid dienone is 3. The summed E-state index contributed by atoms with van der Waals surface area (Å²) in [5.74, 6) is -1.09. The van der Waals surface area contributed by atoms with Gasteiger partial charge in [0.15, 0.2) is 5.72 Å². The quantitative estimate of drug-likeness (QED) is 0.205. The monoisotopic (exact) mass is 820 g/mol. The van der Waals surface area contributed by atoms with Gasteiger partial charge in [-0.25, -0.2) is 9.59 Å². The lowest BCUT2D eigenvalue weighted by molar-refractivity contribution is -0.162. The van der Waals surface area contributed by atoms with Crippen molar-refractivity contribution in [3.63, 3.8) is 0 Å². The lowest BCUT2D eigenvalue weighted by Crippen LogP contribution is -2.63. The van der Waals surface area contributed by atoms with Gasteiger partial charge in [0, 0.05) is 50.5 Å². The Morgan fingerprint density at radius 3 is 2.52 bits per heavy atom. The molecule has 312 valence electrons. The molecule has 2 amide bonds. The first-order valence-corrected chi connectivity index (χ1v) is 20.9. The predicted octanol–water partition coefficient (Wildman–Crippen LogP) is 6.61. The van der Waals surface area contributed by atoms with Crippen LogP contribution in [0.1, 0.15) is 91.7 Å². The molecule has 0 spiro atoms. The van der Waals surface area contributed by atoms with Gasteiger partial charge in [-0.15, -0.1) is 0 Å². The molecule has 0 saturated carbocycles. The van der Waals surface area contributed by atoms with Crippen LogP contribution < -0.4 is 10.1 Å². The Morgan fingerprint density at radius 1 is 1.18 bits per heavy atom. The minimum atomic E-state index is -1.82. The summed E-state index contributed by atoms with van der Waals surface area (Å²) < 4.78 is 29.3. The summed E-state index contributed by atoms with van der Waals surface area (Å²) in [7, 11) is 4.58. The molecule has 2 fully saturated rings. The number of fused-ring (bicyclic) bond motifs is 5. The number of benzene rings is 1. The van der Waals surface area contributed by atoms with E-state index >= 15 is 0 Å². The number of ketones is 1. The summed E-state index contributed by atoms with van der Waals surface area (Å²) in [5, 5.41) is 14.8. The second kappa shape index (κ2) is 18.7. The fraction of sp³-hybridized carbons (Fsp3) is 0.667. The molecular weight excluding hydrogens is 760 g/mol. The van der Waals surface area contributed by atoms with E-state index in [2.05, 4.69) is 19.2 Å². The molecule has 2 aliphatic heterocycles. The SMILES string of the molecule is COc1cc2cc(c1Cl)CC(C)CC(=O)CC(OC(=O)[C@H](C)N(C)C(=O)CCC(C)(C)SC)C1(C)OC1C(C)C1CC(O)(NC(=O)O1)C(OC)/C=C/C=C(\C)C2. The number of ether oxygens (including phenoxy) is 5. The largest absolute Gasteiger partial charge is 0.495 e.